The van der Waals surface area contributed by atoms with Crippen molar-refractivity contribution >= 4 is 29.1 Å². The molecule has 4 aliphatic rings. The molecule has 3 aliphatic carbocycles. The molecule has 3 aromatic rings. The van der Waals surface area contributed by atoms with Crippen LogP contribution in [-0.2, 0) is 19.8 Å². The van der Waals surface area contributed by atoms with Gasteiger partial charge in [0.15, 0.2) is 5.78 Å². The Balaban J connectivity index is 1.61. The molecule has 1 fully saturated rings. The standard InChI is InChI=1S/C28H21NO4/c1-15(30)17-11-13-18(14-12-17)29-26(32)24-23-19-7-3-5-9-21(19)28(16(2)31,25(24)27(29)33)22-10-6-4-8-20(22)23/h3-14,23-25H,1-2H3/t23?,24-,25+,28?/m0/s1. The van der Waals surface area contributed by atoms with Crippen LogP contribution in [0.1, 0.15) is 52.4 Å². The first-order chi connectivity index (χ1) is 15.9. The fraction of sp³-hybridized carbons (Fsp3) is 0.214. The number of carbonyl (C=O) groups is 4. The monoisotopic (exact) mass is 435 g/mol. The normalized spacial score (nSPS) is 26.6. The predicted octanol–water partition coefficient (Wildman–Crippen LogP) is 4.03. The molecule has 1 heterocycles. The molecular formula is C28H21NO4. The fourth-order valence-corrected chi connectivity index (χ4v) is 6.47. The Labute approximate surface area is 191 Å². The van der Waals surface area contributed by atoms with Crippen molar-refractivity contribution in [2.45, 2.75) is 25.2 Å². The lowest BCUT2D eigenvalue weighted by atomic mass is 9.46. The topological polar surface area (TPSA) is 71.5 Å². The molecule has 2 amide bonds. The third-order valence-corrected chi connectivity index (χ3v) is 7.71. The highest BCUT2D eigenvalue weighted by atomic mass is 16.2. The van der Waals surface area contributed by atoms with Gasteiger partial charge in [-0.2, -0.15) is 0 Å². The molecule has 7 rings (SSSR count). The molecule has 5 heteroatoms. The van der Waals surface area contributed by atoms with Crippen LogP contribution in [0, 0.1) is 11.8 Å². The molecular weight excluding hydrogens is 414 g/mol. The van der Waals surface area contributed by atoms with Gasteiger partial charge in [0.1, 0.15) is 5.78 Å². The number of anilines is 1. The van der Waals surface area contributed by atoms with Gasteiger partial charge in [-0.3, -0.25) is 19.2 Å². The van der Waals surface area contributed by atoms with Crippen LogP contribution >= 0.6 is 0 Å². The summed E-state index contributed by atoms with van der Waals surface area (Å²) in [6.07, 6.45) is 0. The van der Waals surface area contributed by atoms with Gasteiger partial charge in [-0.1, -0.05) is 48.5 Å². The Hall–Kier alpha value is -3.86. The number of nitrogens with zero attached hydrogens (tertiary/aromatic N) is 1. The van der Waals surface area contributed by atoms with Crippen molar-refractivity contribution in [2.75, 3.05) is 4.90 Å². The van der Waals surface area contributed by atoms with E-state index in [0.29, 0.717) is 11.3 Å². The maximum atomic E-state index is 14.0. The third kappa shape index (κ3) is 2.26. The zero-order valence-corrected chi connectivity index (χ0v) is 18.2. The molecule has 33 heavy (non-hydrogen) atoms. The Kier molecular flexibility index (Phi) is 3.95. The maximum Gasteiger partial charge on any atom is 0.239 e. The molecule has 1 saturated heterocycles. The van der Waals surface area contributed by atoms with Crippen molar-refractivity contribution in [3.63, 3.8) is 0 Å². The van der Waals surface area contributed by atoms with E-state index in [1.807, 2.05) is 48.5 Å². The van der Waals surface area contributed by atoms with Crippen molar-refractivity contribution in [1.82, 2.24) is 0 Å². The molecule has 2 atom stereocenters. The predicted molar refractivity (Wildman–Crippen MR) is 122 cm³/mol. The lowest BCUT2D eigenvalue weighted by Gasteiger charge is -2.52. The second kappa shape index (κ2) is 6.58. The van der Waals surface area contributed by atoms with Gasteiger partial charge in [-0.15, -0.1) is 0 Å². The lowest BCUT2D eigenvalue weighted by Crippen LogP contribution is -2.57. The summed E-state index contributed by atoms with van der Waals surface area (Å²) in [7, 11) is 0. The number of hydrogen-bond acceptors (Lipinski definition) is 4. The minimum absolute atomic E-state index is 0.0891. The lowest BCUT2D eigenvalue weighted by molar-refractivity contribution is -0.132. The largest absolute Gasteiger partial charge is 0.299 e. The van der Waals surface area contributed by atoms with Gasteiger partial charge in [0.05, 0.1) is 22.9 Å². The molecule has 0 N–H and O–H groups in total. The number of Topliss-reactive ketones (excluding diaryl/α,β-unsaturated/α-hetero) is 2. The van der Waals surface area contributed by atoms with Crippen LogP contribution in [-0.4, -0.2) is 23.4 Å². The maximum absolute atomic E-state index is 14.0. The second-order valence-corrected chi connectivity index (χ2v) is 9.13. The van der Waals surface area contributed by atoms with E-state index in [1.165, 1.54) is 18.7 Å². The van der Waals surface area contributed by atoms with Gasteiger partial charge >= 0.3 is 0 Å². The van der Waals surface area contributed by atoms with E-state index in [-0.39, 0.29) is 29.3 Å². The zero-order valence-electron chi connectivity index (χ0n) is 18.2. The zero-order chi connectivity index (χ0) is 23.1. The molecule has 0 spiro atoms. The number of ketones is 2. The summed E-state index contributed by atoms with van der Waals surface area (Å²) in [4.78, 5) is 54.3. The highest BCUT2D eigenvalue weighted by Gasteiger charge is 2.69. The Bertz CT molecular complexity index is 1340. The quantitative estimate of drug-likeness (QED) is 0.460. The Morgan fingerprint density at radius 2 is 1.30 bits per heavy atom. The molecule has 5 nitrogen and oxygen atoms in total. The van der Waals surface area contributed by atoms with Crippen LogP contribution in [0.5, 0.6) is 0 Å². The van der Waals surface area contributed by atoms with E-state index in [4.69, 9.17) is 0 Å². The molecule has 1 aliphatic heterocycles. The van der Waals surface area contributed by atoms with Gasteiger partial charge in [-0.05, 0) is 60.4 Å². The van der Waals surface area contributed by atoms with Gasteiger partial charge in [0, 0.05) is 11.5 Å². The first-order valence-corrected chi connectivity index (χ1v) is 11.1. The van der Waals surface area contributed by atoms with Crippen molar-refractivity contribution in [1.29, 1.82) is 0 Å². The highest BCUT2D eigenvalue weighted by molar-refractivity contribution is 6.25. The summed E-state index contributed by atoms with van der Waals surface area (Å²) in [5.41, 5.74) is 3.29. The molecule has 0 unspecified atom stereocenters. The number of carbonyl (C=O) groups excluding carboxylic acids is 4. The minimum atomic E-state index is -1.20. The molecule has 2 bridgehead atoms. The van der Waals surface area contributed by atoms with Crippen molar-refractivity contribution in [2.24, 2.45) is 11.8 Å². The smallest absolute Gasteiger partial charge is 0.239 e. The van der Waals surface area contributed by atoms with E-state index in [2.05, 4.69) is 0 Å². The SMILES string of the molecule is CC(=O)c1ccc(N2C(=O)[C@H]3C4c5ccccc5C(C(C)=O)(c5ccccc54)[C@H]3C2=O)cc1. The van der Waals surface area contributed by atoms with Crippen LogP contribution in [0.2, 0.25) is 0 Å². The van der Waals surface area contributed by atoms with Crippen LogP contribution < -0.4 is 4.90 Å². The summed E-state index contributed by atoms with van der Waals surface area (Å²) in [6, 6.07) is 21.9. The van der Waals surface area contributed by atoms with Crippen molar-refractivity contribution in [3.8, 4) is 0 Å². The second-order valence-electron chi connectivity index (χ2n) is 9.13. The first-order valence-electron chi connectivity index (χ1n) is 11.1. The van der Waals surface area contributed by atoms with Gasteiger partial charge in [0.2, 0.25) is 11.8 Å². The average Bonchev–Trinajstić information content (AvgIpc) is 3.09. The van der Waals surface area contributed by atoms with E-state index < -0.39 is 17.3 Å². The first kappa shape index (κ1) is 19.8. The van der Waals surface area contributed by atoms with E-state index in [9.17, 15) is 19.2 Å². The van der Waals surface area contributed by atoms with Crippen molar-refractivity contribution in [3.05, 3.63) is 101 Å². The van der Waals surface area contributed by atoms with Gasteiger partial charge < -0.3 is 0 Å². The van der Waals surface area contributed by atoms with E-state index in [0.717, 1.165) is 22.3 Å². The molecule has 0 saturated carbocycles. The van der Waals surface area contributed by atoms with Crippen LogP contribution in [0.15, 0.2) is 72.8 Å². The van der Waals surface area contributed by atoms with Crippen LogP contribution in [0.4, 0.5) is 5.69 Å². The fourth-order valence-electron chi connectivity index (χ4n) is 6.47. The summed E-state index contributed by atoms with van der Waals surface area (Å²) >= 11 is 0. The third-order valence-electron chi connectivity index (χ3n) is 7.71. The molecule has 162 valence electrons. The molecule has 0 aromatic heterocycles. The number of benzene rings is 3. The van der Waals surface area contributed by atoms with E-state index in [1.54, 1.807) is 24.3 Å². The van der Waals surface area contributed by atoms with Crippen molar-refractivity contribution < 1.29 is 19.2 Å². The summed E-state index contributed by atoms with van der Waals surface area (Å²) in [6.45, 7) is 3.00. The van der Waals surface area contributed by atoms with E-state index >= 15 is 0 Å². The number of amides is 2. The minimum Gasteiger partial charge on any atom is -0.299 e. The Morgan fingerprint density at radius 1 is 0.758 bits per heavy atom. The van der Waals surface area contributed by atoms with Crippen LogP contribution in [0.3, 0.4) is 0 Å². The summed E-state index contributed by atoms with van der Waals surface area (Å²) < 4.78 is 0. The number of imide groups is 1. The molecule has 3 aromatic carbocycles. The summed E-state index contributed by atoms with van der Waals surface area (Å²) in [5, 5.41) is 0. The number of hydrogen-bond donors (Lipinski definition) is 0. The summed E-state index contributed by atoms with van der Waals surface area (Å²) in [5.74, 6) is -2.62. The average molecular weight is 435 g/mol. The van der Waals surface area contributed by atoms with Crippen LogP contribution in [0.25, 0.3) is 0 Å². The van der Waals surface area contributed by atoms with Gasteiger partial charge in [-0.25, -0.2) is 4.90 Å². The molecule has 0 radical (unpaired) electrons. The highest BCUT2D eigenvalue weighted by Crippen LogP contribution is 2.64. The Morgan fingerprint density at radius 3 is 1.82 bits per heavy atom. The number of rotatable bonds is 3. The van der Waals surface area contributed by atoms with Gasteiger partial charge in [0.25, 0.3) is 0 Å².